The molecule has 2 rings (SSSR count). The van der Waals surface area contributed by atoms with E-state index >= 15 is 0 Å². The molecule has 1 heterocycles. The Labute approximate surface area is 146 Å². The minimum atomic E-state index is 0.198. The normalized spacial score (nSPS) is 12.7. The summed E-state index contributed by atoms with van der Waals surface area (Å²) in [4.78, 5) is 3.51. The molecule has 1 aromatic heterocycles. The first kappa shape index (κ1) is 17.0. The first-order valence-electron chi connectivity index (χ1n) is 6.53. The van der Waals surface area contributed by atoms with Crippen LogP contribution in [0.5, 0.6) is 5.75 Å². The van der Waals surface area contributed by atoms with Crippen molar-refractivity contribution in [3.63, 3.8) is 0 Å². The lowest BCUT2D eigenvalue weighted by molar-refractivity contribution is 0.245. The van der Waals surface area contributed by atoms with E-state index in [-0.39, 0.29) is 6.04 Å². The molecule has 0 spiro atoms. The summed E-state index contributed by atoms with van der Waals surface area (Å²) < 4.78 is 7.46. The maximum atomic E-state index is 5.98. The van der Waals surface area contributed by atoms with Crippen LogP contribution in [0.2, 0.25) is 0 Å². The second-order valence-corrected chi connectivity index (χ2v) is 8.04. The molecule has 2 aromatic rings. The summed E-state index contributed by atoms with van der Waals surface area (Å²) in [6, 6.07) is 10.5. The molecule has 6 heteroatoms. The second-order valence-electron chi connectivity index (χ2n) is 4.79. The summed E-state index contributed by atoms with van der Waals surface area (Å²) in [5.74, 6) is 0.881. The molecule has 0 radical (unpaired) electrons. The Kier molecular flexibility index (Phi) is 6.25. The van der Waals surface area contributed by atoms with Gasteiger partial charge in [-0.2, -0.15) is 0 Å². The number of likely N-dealkylation sites (N-methyl/N-ethyl adjacent to an activating group) is 1. The largest absolute Gasteiger partial charge is 0.497 e. The van der Waals surface area contributed by atoms with Crippen molar-refractivity contribution in [1.29, 1.82) is 0 Å². The quantitative estimate of drug-likeness (QED) is 0.732. The lowest BCUT2D eigenvalue weighted by Gasteiger charge is -2.26. The van der Waals surface area contributed by atoms with Gasteiger partial charge in [0.2, 0.25) is 0 Å². The molecule has 0 amide bonds. The Morgan fingerprint density at radius 1 is 1.33 bits per heavy atom. The van der Waals surface area contributed by atoms with E-state index in [1.165, 1.54) is 10.4 Å². The van der Waals surface area contributed by atoms with Crippen LogP contribution < -0.4 is 10.5 Å². The average molecular weight is 434 g/mol. The van der Waals surface area contributed by atoms with Crippen LogP contribution in [-0.2, 0) is 6.54 Å². The molecule has 0 saturated carbocycles. The number of rotatable bonds is 6. The topological polar surface area (TPSA) is 38.5 Å². The summed E-state index contributed by atoms with van der Waals surface area (Å²) in [7, 11) is 3.78. The Bertz CT molecular complexity index is 584. The fourth-order valence-corrected chi connectivity index (χ4v) is 4.48. The molecule has 1 aromatic carbocycles. The Hall–Kier alpha value is -0.400. The van der Waals surface area contributed by atoms with Gasteiger partial charge in [0.05, 0.1) is 16.9 Å². The van der Waals surface area contributed by atoms with Crippen molar-refractivity contribution in [3.05, 3.63) is 49.0 Å². The van der Waals surface area contributed by atoms with Gasteiger partial charge in [0.1, 0.15) is 5.75 Å². The van der Waals surface area contributed by atoms with Gasteiger partial charge in [-0.1, -0.05) is 12.1 Å². The van der Waals surface area contributed by atoms with Crippen molar-refractivity contribution in [3.8, 4) is 5.75 Å². The van der Waals surface area contributed by atoms with Crippen LogP contribution in [0, 0.1) is 0 Å². The number of thiophene rings is 1. The van der Waals surface area contributed by atoms with Crippen LogP contribution in [0.15, 0.2) is 38.6 Å². The predicted octanol–water partition coefficient (Wildman–Crippen LogP) is 4.41. The number of methoxy groups -OCH3 is 1. The van der Waals surface area contributed by atoms with E-state index in [2.05, 4.69) is 62.0 Å². The molecular weight excluding hydrogens is 416 g/mol. The van der Waals surface area contributed by atoms with Gasteiger partial charge in [-0.05, 0) is 62.7 Å². The van der Waals surface area contributed by atoms with Crippen LogP contribution in [0.1, 0.15) is 16.5 Å². The zero-order chi connectivity index (χ0) is 15.4. The van der Waals surface area contributed by atoms with Crippen LogP contribution >= 0.6 is 43.2 Å². The van der Waals surface area contributed by atoms with Crippen molar-refractivity contribution in [2.24, 2.45) is 5.73 Å². The number of ether oxygens (including phenoxy) is 1. The first-order valence-corrected chi connectivity index (χ1v) is 8.93. The number of hydrogen-bond acceptors (Lipinski definition) is 4. The number of hydrogen-bond donors (Lipinski definition) is 1. The molecule has 0 fully saturated rings. The van der Waals surface area contributed by atoms with Crippen molar-refractivity contribution >= 4 is 43.2 Å². The van der Waals surface area contributed by atoms with Crippen molar-refractivity contribution < 1.29 is 4.74 Å². The van der Waals surface area contributed by atoms with Gasteiger partial charge in [-0.3, -0.25) is 4.90 Å². The molecule has 0 aliphatic rings. The monoisotopic (exact) mass is 432 g/mol. The predicted molar refractivity (Wildman–Crippen MR) is 96.0 cm³/mol. The van der Waals surface area contributed by atoms with Gasteiger partial charge in [0, 0.05) is 22.4 Å². The molecule has 114 valence electrons. The average Bonchev–Trinajstić information content (AvgIpc) is 2.79. The molecule has 1 atom stereocenters. The third kappa shape index (κ3) is 4.29. The van der Waals surface area contributed by atoms with E-state index in [1.807, 2.05) is 12.1 Å². The Balaban J connectivity index is 2.14. The van der Waals surface area contributed by atoms with Gasteiger partial charge in [0.15, 0.2) is 0 Å². The van der Waals surface area contributed by atoms with E-state index < -0.39 is 0 Å². The summed E-state index contributed by atoms with van der Waals surface area (Å²) >= 11 is 8.80. The van der Waals surface area contributed by atoms with Crippen molar-refractivity contribution in [2.75, 3.05) is 20.7 Å². The highest BCUT2D eigenvalue weighted by Gasteiger charge is 2.19. The molecule has 0 aliphatic heterocycles. The van der Waals surface area contributed by atoms with Gasteiger partial charge < -0.3 is 10.5 Å². The molecule has 0 aliphatic carbocycles. The van der Waals surface area contributed by atoms with Gasteiger partial charge in [-0.25, -0.2) is 0 Å². The first-order chi connectivity index (χ1) is 10.0. The second kappa shape index (κ2) is 7.74. The van der Waals surface area contributed by atoms with Crippen LogP contribution in [-0.4, -0.2) is 25.6 Å². The summed E-state index contributed by atoms with van der Waals surface area (Å²) in [5, 5.41) is 0. The minimum absolute atomic E-state index is 0.198. The lowest BCUT2D eigenvalue weighted by Crippen LogP contribution is -2.29. The summed E-state index contributed by atoms with van der Waals surface area (Å²) in [5.41, 5.74) is 7.20. The van der Waals surface area contributed by atoms with Crippen molar-refractivity contribution in [2.45, 2.75) is 12.6 Å². The molecule has 3 nitrogen and oxygen atoms in total. The molecule has 2 N–H and O–H groups in total. The molecule has 21 heavy (non-hydrogen) atoms. The summed E-state index contributed by atoms with van der Waals surface area (Å²) in [6.45, 7) is 1.41. The highest BCUT2D eigenvalue weighted by atomic mass is 79.9. The number of halogens is 2. The van der Waals surface area contributed by atoms with E-state index in [4.69, 9.17) is 10.5 Å². The zero-order valence-corrected chi connectivity index (χ0v) is 16.0. The standard InChI is InChI=1S/C15H18Br2N2OS/c1-19(9-10-4-3-5-11(6-10)20-2)13(8-18)14-7-12(16)15(17)21-14/h3-7,13H,8-9,18H2,1-2H3. The molecule has 1 unspecified atom stereocenters. The van der Waals surface area contributed by atoms with Crippen LogP contribution in [0.4, 0.5) is 0 Å². The minimum Gasteiger partial charge on any atom is -0.497 e. The van der Waals surface area contributed by atoms with Gasteiger partial charge in [0.25, 0.3) is 0 Å². The number of benzene rings is 1. The summed E-state index contributed by atoms with van der Waals surface area (Å²) in [6.07, 6.45) is 0. The lowest BCUT2D eigenvalue weighted by atomic mass is 10.1. The van der Waals surface area contributed by atoms with Gasteiger partial charge in [-0.15, -0.1) is 11.3 Å². The highest BCUT2D eigenvalue weighted by molar-refractivity contribution is 9.13. The Morgan fingerprint density at radius 3 is 2.67 bits per heavy atom. The van der Waals surface area contributed by atoms with Crippen LogP contribution in [0.25, 0.3) is 0 Å². The van der Waals surface area contributed by atoms with Gasteiger partial charge >= 0.3 is 0 Å². The third-order valence-corrected chi connectivity index (χ3v) is 6.67. The van der Waals surface area contributed by atoms with E-state index in [0.717, 1.165) is 20.6 Å². The highest BCUT2D eigenvalue weighted by Crippen LogP contribution is 2.37. The fraction of sp³-hybridized carbons (Fsp3) is 0.333. The molecular formula is C15H18Br2N2OS. The smallest absolute Gasteiger partial charge is 0.119 e. The molecule has 0 saturated heterocycles. The van der Waals surface area contributed by atoms with Crippen LogP contribution in [0.3, 0.4) is 0 Å². The van der Waals surface area contributed by atoms with Crippen molar-refractivity contribution in [1.82, 2.24) is 4.90 Å². The fourth-order valence-electron chi connectivity index (χ4n) is 2.21. The molecule has 0 bridgehead atoms. The Morgan fingerprint density at radius 2 is 2.10 bits per heavy atom. The maximum Gasteiger partial charge on any atom is 0.119 e. The van der Waals surface area contributed by atoms with E-state index in [0.29, 0.717) is 6.54 Å². The number of nitrogens with zero attached hydrogens (tertiary/aromatic N) is 1. The number of nitrogens with two attached hydrogens (primary N) is 1. The third-order valence-electron chi connectivity index (χ3n) is 3.31. The van der Waals surface area contributed by atoms with E-state index in [9.17, 15) is 0 Å². The zero-order valence-electron chi connectivity index (χ0n) is 12.0. The SMILES string of the molecule is COc1cccc(CN(C)C(CN)c2cc(Br)c(Br)s2)c1. The maximum absolute atomic E-state index is 5.98. The van der Waals surface area contributed by atoms with E-state index in [1.54, 1.807) is 18.4 Å².